The van der Waals surface area contributed by atoms with E-state index in [9.17, 15) is 0 Å². The molecule has 0 aliphatic carbocycles. The molecule has 8 heteroatoms. The van der Waals surface area contributed by atoms with Crippen LogP contribution in [0.1, 0.15) is 24.1 Å². The van der Waals surface area contributed by atoms with E-state index >= 15 is 0 Å². The highest BCUT2D eigenvalue weighted by molar-refractivity contribution is 7.10. The molecular formula is C17H21N7S. The molecule has 4 heterocycles. The smallest absolute Gasteiger partial charge is 0.229 e. The number of hydrogen-bond acceptors (Lipinski definition) is 8. The molecule has 4 rings (SSSR count). The number of anilines is 3. The first-order valence-corrected chi connectivity index (χ1v) is 9.33. The Morgan fingerprint density at radius 3 is 2.84 bits per heavy atom. The monoisotopic (exact) mass is 355 g/mol. The minimum atomic E-state index is 0.490. The van der Waals surface area contributed by atoms with Gasteiger partial charge >= 0.3 is 0 Å². The Morgan fingerprint density at radius 2 is 2.16 bits per heavy atom. The van der Waals surface area contributed by atoms with Gasteiger partial charge in [-0.25, -0.2) is 4.98 Å². The predicted octanol–water partition coefficient (Wildman–Crippen LogP) is 2.47. The van der Waals surface area contributed by atoms with Crippen molar-refractivity contribution in [3.05, 3.63) is 23.5 Å². The van der Waals surface area contributed by atoms with Crippen molar-refractivity contribution in [3.63, 3.8) is 0 Å². The van der Waals surface area contributed by atoms with Crippen molar-refractivity contribution in [3.8, 4) is 6.07 Å². The molecule has 2 saturated heterocycles. The Labute approximate surface area is 151 Å². The van der Waals surface area contributed by atoms with Crippen molar-refractivity contribution in [2.24, 2.45) is 0 Å². The summed E-state index contributed by atoms with van der Waals surface area (Å²) in [6, 6.07) is 5.22. The molecule has 130 valence electrons. The average Bonchev–Trinajstić information content (AvgIpc) is 3.01. The van der Waals surface area contributed by atoms with Crippen LogP contribution in [-0.4, -0.2) is 51.0 Å². The van der Waals surface area contributed by atoms with Gasteiger partial charge in [0.05, 0.1) is 11.8 Å². The summed E-state index contributed by atoms with van der Waals surface area (Å²) in [5, 5.41) is 13.0. The van der Waals surface area contributed by atoms with Crippen LogP contribution in [0.2, 0.25) is 0 Å². The Bertz CT molecular complexity index is 800. The fourth-order valence-corrected chi connectivity index (χ4v) is 4.38. The normalized spacial score (nSPS) is 22.4. The molecule has 0 spiro atoms. The molecule has 2 aliphatic heterocycles. The molecule has 7 nitrogen and oxygen atoms in total. The predicted molar refractivity (Wildman–Crippen MR) is 98.2 cm³/mol. The fourth-order valence-electron chi connectivity index (χ4n) is 3.72. The number of nitriles is 1. The Balaban J connectivity index is 1.50. The number of hydrogen-bond donors (Lipinski definition) is 1. The number of nitrogens with zero attached hydrogens (tertiary/aromatic N) is 6. The lowest BCUT2D eigenvalue weighted by Crippen LogP contribution is -2.69. The third-order valence-electron chi connectivity index (χ3n) is 4.86. The summed E-state index contributed by atoms with van der Waals surface area (Å²) in [6.45, 7) is 6.94. The van der Waals surface area contributed by atoms with E-state index in [4.69, 9.17) is 10.2 Å². The van der Waals surface area contributed by atoms with Gasteiger partial charge in [-0.05, 0) is 37.9 Å². The molecule has 2 aliphatic rings. The summed E-state index contributed by atoms with van der Waals surface area (Å²) >= 11 is 1.42. The van der Waals surface area contributed by atoms with E-state index in [1.807, 2.05) is 19.2 Å². The molecule has 2 atom stereocenters. The summed E-state index contributed by atoms with van der Waals surface area (Å²) in [5.74, 6) is 1.65. The maximum Gasteiger partial charge on any atom is 0.229 e. The zero-order valence-electron chi connectivity index (χ0n) is 14.4. The van der Waals surface area contributed by atoms with Crippen molar-refractivity contribution in [2.75, 3.05) is 29.9 Å². The number of aryl methyl sites for hydroxylation is 2. The molecule has 2 aromatic heterocycles. The van der Waals surface area contributed by atoms with Crippen molar-refractivity contribution < 1.29 is 0 Å². The van der Waals surface area contributed by atoms with Gasteiger partial charge < -0.3 is 10.2 Å². The van der Waals surface area contributed by atoms with E-state index in [1.54, 1.807) is 0 Å². The molecule has 2 fully saturated rings. The zero-order valence-corrected chi connectivity index (χ0v) is 15.3. The second kappa shape index (κ2) is 6.58. The van der Waals surface area contributed by atoms with Crippen LogP contribution < -0.4 is 10.2 Å². The molecule has 1 N–H and O–H groups in total. The van der Waals surface area contributed by atoms with Crippen molar-refractivity contribution >= 4 is 28.3 Å². The van der Waals surface area contributed by atoms with Crippen LogP contribution >= 0.6 is 11.5 Å². The standard InChI is InChI=1S/C17H21N7S/c1-11-8-19-17(20-15-6-12(2)22-25-15)21-16(11)24-13-7-14(24)10-23(9-13)5-3-4-18/h6,8,13-14H,3,5,7,9-10H2,1-2H3,(H,19,20,21). The Hall–Kier alpha value is -2.24. The van der Waals surface area contributed by atoms with Gasteiger partial charge in [-0.15, -0.1) is 0 Å². The van der Waals surface area contributed by atoms with Crippen molar-refractivity contribution in [1.29, 1.82) is 5.26 Å². The molecule has 0 saturated carbocycles. The molecule has 25 heavy (non-hydrogen) atoms. The first-order valence-electron chi connectivity index (χ1n) is 8.55. The summed E-state index contributed by atoms with van der Waals surface area (Å²) < 4.78 is 4.28. The number of likely N-dealkylation sites (tertiary alicyclic amines) is 1. The van der Waals surface area contributed by atoms with Gasteiger partial charge in [-0.3, -0.25) is 4.90 Å². The number of piperidine rings is 1. The largest absolute Gasteiger partial charge is 0.348 e. The highest BCUT2D eigenvalue weighted by Crippen LogP contribution is 2.38. The lowest BCUT2D eigenvalue weighted by molar-refractivity contribution is 0.116. The minimum absolute atomic E-state index is 0.490. The SMILES string of the molecule is Cc1cc(Nc2ncc(C)c(N3C4CC3CN(CCC#N)C4)n2)sn1. The van der Waals surface area contributed by atoms with E-state index < -0.39 is 0 Å². The topological polar surface area (TPSA) is 81.0 Å². The Morgan fingerprint density at radius 1 is 1.36 bits per heavy atom. The van der Waals surface area contributed by atoms with Crippen LogP contribution in [0.25, 0.3) is 0 Å². The van der Waals surface area contributed by atoms with Crippen LogP contribution in [0.4, 0.5) is 16.8 Å². The average molecular weight is 355 g/mol. The Kier molecular flexibility index (Phi) is 4.27. The third kappa shape index (κ3) is 3.17. The van der Waals surface area contributed by atoms with E-state index in [2.05, 4.69) is 37.5 Å². The highest BCUT2D eigenvalue weighted by Gasteiger charge is 2.45. The van der Waals surface area contributed by atoms with Gasteiger partial charge in [-0.1, -0.05) is 0 Å². The number of piperazine rings is 1. The third-order valence-corrected chi connectivity index (χ3v) is 5.66. The summed E-state index contributed by atoms with van der Waals surface area (Å²) in [4.78, 5) is 14.0. The van der Waals surface area contributed by atoms with Crippen LogP contribution in [0.5, 0.6) is 0 Å². The van der Waals surface area contributed by atoms with E-state index in [0.29, 0.717) is 24.5 Å². The second-order valence-corrected chi connectivity index (χ2v) is 7.58. The van der Waals surface area contributed by atoms with Gasteiger partial charge in [0.15, 0.2) is 0 Å². The maximum atomic E-state index is 8.78. The van der Waals surface area contributed by atoms with Crippen molar-refractivity contribution in [2.45, 2.75) is 38.8 Å². The first kappa shape index (κ1) is 16.2. The fraction of sp³-hybridized carbons (Fsp3) is 0.529. The molecule has 2 unspecified atom stereocenters. The van der Waals surface area contributed by atoms with E-state index in [-0.39, 0.29) is 0 Å². The van der Waals surface area contributed by atoms with Crippen molar-refractivity contribution in [1.82, 2.24) is 19.2 Å². The van der Waals surface area contributed by atoms with Crippen LogP contribution in [0.3, 0.4) is 0 Å². The van der Waals surface area contributed by atoms with E-state index in [0.717, 1.165) is 41.7 Å². The summed E-state index contributed by atoms with van der Waals surface area (Å²) in [7, 11) is 0. The molecular weight excluding hydrogens is 334 g/mol. The summed E-state index contributed by atoms with van der Waals surface area (Å²) in [5.41, 5.74) is 2.10. The van der Waals surface area contributed by atoms with Crippen LogP contribution in [-0.2, 0) is 0 Å². The van der Waals surface area contributed by atoms with Crippen LogP contribution in [0, 0.1) is 25.2 Å². The van der Waals surface area contributed by atoms with E-state index in [1.165, 1.54) is 18.0 Å². The lowest BCUT2D eigenvalue weighted by Gasteiger charge is -2.57. The summed E-state index contributed by atoms with van der Waals surface area (Å²) in [6.07, 6.45) is 3.71. The molecule has 0 amide bonds. The minimum Gasteiger partial charge on any atom is -0.348 e. The van der Waals surface area contributed by atoms with Gasteiger partial charge in [0, 0.05) is 49.9 Å². The number of nitrogens with one attached hydrogen (secondary N) is 1. The first-order chi connectivity index (χ1) is 12.1. The number of fused-ring (bicyclic) bond motifs is 2. The number of aromatic nitrogens is 3. The molecule has 0 radical (unpaired) electrons. The van der Waals surface area contributed by atoms with Gasteiger partial charge in [0.1, 0.15) is 10.8 Å². The quantitative estimate of drug-likeness (QED) is 0.882. The number of rotatable bonds is 5. The second-order valence-electron chi connectivity index (χ2n) is 6.78. The van der Waals surface area contributed by atoms with Gasteiger partial charge in [0.25, 0.3) is 0 Å². The molecule has 2 bridgehead atoms. The zero-order chi connectivity index (χ0) is 17.4. The highest BCUT2D eigenvalue weighted by atomic mass is 32.1. The van der Waals surface area contributed by atoms with Gasteiger partial charge in [-0.2, -0.15) is 14.6 Å². The molecule has 0 aromatic carbocycles. The molecule has 2 aromatic rings. The lowest BCUT2D eigenvalue weighted by atomic mass is 9.87. The van der Waals surface area contributed by atoms with Crippen LogP contribution in [0.15, 0.2) is 12.3 Å². The van der Waals surface area contributed by atoms with Gasteiger partial charge in [0.2, 0.25) is 5.95 Å². The maximum absolute atomic E-state index is 8.78.